The molecule has 0 aliphatic carbocycles. The first kappa shape index (κ1) is 14.6. The van der Waals surface area contributed by atoms with Gasteiger partial charge in [-0.3, -0.25) is 4.68 Å². The minimum Gasteiger partial charge on any atom is -0.385 e. The van der Waals surface area contributed by atoms with Crippen molar-refractivity contribution in [3.8, 4) is 6.07 Å². The molecule has 0 spiro atoms. The van der Waals surface area contributed by atoms with Crippen molar-refractivity contribution in [1.82, 2.24) is 9.78 Å². The van der Waals surface area contributed by atoms with Crippen molar-refractivity contribution >= 4 is 11.6 Å². The molecule has 2 rings (SSSR count). The maximum absolute atomic E-state index is 10.7. The second kappa shape index (κ2) is 5.28. The van der Waals surface area contributed by atoms with Gasteiger partial charge in [-0.25, -0.2) is 0 Å². The van der Waals surface area contributed by atoms with Crippen molar-refractivity contribution in [2.45, 2.75) is 25.9 Å². The average molecular weight is 290 g/mol. The average Bonchev–Trinajstić information content (AvgIpc) is 2.65. The van der Waals surface area contributed by atoms with E-state index < -0.39 is 5.60 Å². The molecule has 1 atom stereocenters. The molecule has 5 heteroatoms. The molecule has 2 aromatic rings. The zero-order valence-corrected chi connectivity index (χ0v) is 12.4. The summed E-state index contributed by atoms with van der Waals surface area (Å²) in [5, 5.41) is 24.4. The topological polar surface area (TPSA) is 61.8 Å². The van der Waals surface area contributed by atoms with Crippen LogP contribution in [0.5, 0.6) is 0 Å². The van der Waals surface area contributed by atoms with Gasteiger partial charge >= 0.3 is 0 Å². The third-order valence-corrected chi connectivity index (χ3v) is 3.88. The van der Waals surface area contributed by atoms with Gasteiger partial charge in [0, 0.05) is 19.0 Å². The van der Waals surface area contributed by atoms with Gasteiger partial charge in [-0.15, -0.1) is 0 Å². The summed E-state index contributed by atoms with van der Waals surface area (Å²) >= 11 is 6.20. The molecule has 1 heterocycles. The van der Waals surface area contributed by atoms with Crippen LogP contribution in [0.3, 0.4) is 0 Å². The summed E-state index contributed by atoms with van der Waals surface area (Å²) in [6.07, 6.45) is 0.348. The number of nitrogens with zero attached hydrogens (tertiary/aromatic N) is 3. The van der Waals surface area contributed by atoms with Crippen LogP contribution in [0.2, 0.25) is 5.15 Å². The predicted molar refractivity (Wildman–Crippen MR) is 77.4 cm³/mol. The van der Waals surface area contributed by atoms with E-state index in [1.807, 2.05) is 6.92 Å². The molecule has 0 aliphatic heterocycles. The van der Waals surface area contributed by atoms with Crippen LogP contribution in [-0.2, 0) is 19.1 Å². The summed E-state index contributed by atoms with van der Waals surface area (Å²) in [7, 11) is 1.77. The summed E-state index contributed by atoms with van der Waals surface area (Å²) in [4.78, 5) is 0. The second-order valence-electron chi connectivity index (χ2n) is 5.12. The molecule has 0 amide bonds. The van der Waals surface area contributed by atoms with Gasteiger partial charge in [0.05, 0.1) is 22.9 Å². The highest BCUT2D eigenvalue weighted by Gasteiger charge is 2.27. The summed E-state index contributed by atoms with van der Waals surface area (Å²) in [6.45, 7) is 3.58. The van der Waals surface area contributed by atoms with Gasteiger partial charge in [-0.1, -0.05) is 23.7 Å². The second-order valence-corrected chi connectivity index (χ2v) is 5.48. The summed E-state index contributed by atoms with van der Waals surface area (Å²) < 4.78 is 1.59. The van der Waals surface area contributed by atoms with Crippen molar-refractivity contribution in [2.24, 2.45) is 7.05 Å². The fourth-order valence-electron chi connectivity index (χ4n) is 2.24. The van der Waals surface area contributed by atoms with Crippen LogP contribution in [0.4, 0.5) is 0 Å². The van der Waals surface area contributed by atoms with Gasteiger partial charge in [0.1, 0.15) is 5.15 Å². The van der Waals surface area contributed by atoms with E-state index in [-0.39, 0.29) is 0 Å². The van der Waals surface area contributed by atoms with Crippen molar-refractivity contribution in [3.05, 3.63) is 51.8 Å². The number of aliphatic hydroxyl groups is 1. The molecule has 0 bridgehead atoms. The Kier molecular flexibility index (Phi) is 3.85. The van der Waals surface area contributed by atoms with Crippen molar-refractivity contribution < 1.29 is 5.11 Å². The first-order valence-corrected chi connectivity index (χ1v) is 6.64. The highest BCUT2D eigenvalue weighted by atomic mass is 35.5. The molecule has 0 radical (unpaired) electrons. The third-order valence-electron chi connectivity index (χ3n) is 3.40. The van der Waals surface area contributed by atoms with Crippen molar-refractivity contribution in [1.29, 1.82) is 5.26 Å². The number of hydrogen-bond acceptors (Lipinski definition) is 3. The summed E-state index contributed by atoms with van der Waals surface area (Å²) in [5.41, 5.74) is 1.73. The van der Waals surface area contributed by atoms with E-state index in [4.69, 9.17) is 16.9 Å². The maximum atomic E-state index is 10.7. The first-order chi connectivity index (χ1) is 9.35. The van der Waals surface area contributed by atoms with Gasteiger partial charge in [-0.05, 0) is 31.5 Å². The Labute approximate surface area is 123 Å². The molecule has 1 aromatic carbocycles. The minimum atomic E-state index is -1.11. The largest absolute Gasteiger partial charge is 0.385 e. The molecular weight excluding hydrogens is 274 g/mol. The smallest absolute Gasteiger partial charge is 0.130 e. The Hall–Kier alpha value is -1.83. The van der Waals surface area contributed by atoms with E-state index in [1.165, 1.54) is 0 Å². The zero-order valence-electron chi connectivity index (χ0n) is 11.7. The molecule has 1 unspecified atom stereocenters. The van der Waals surface area contributed by atoms with Crippen molar-refractivity contribution in [3.63, 3.8) is 0 Å². The van der Waals surface area contributed by atoms with E-state index in [9.17, 15) is 5.11 Å². The van der Waals surface area contributed by atoms with Gasteiger partial charge in [-0.2, -0.15) is 10.4 Å². The van der Waals surface area contributed by atoms with Gasteiger partial charge in [0.25, 0.3) is 0 Å². The highest BCUT2D eigenvalue weighted by Crippen LogP contribution is 2.30. The number of aromatic nitrogens is 2. The monoisotopic (exact) mass is 289 g/mol. The quantitative estimate of drug-likeness (QED) is 0.945. The highest BCUT2D eigenvalue weighted by molar-refractivity contribution is 6.30. The standard InChI is InChI=1S/C15H16ClN3O/c1-10-13(14(16)19(3)18-10)8-15(2,20)12-6-4-5-11(7-12)9-17/h4-7,20H,8H2,1-3H3. The normalized spacial score (nSPS) is 13.8. The van der Waals surface area contributed by atoms with Crippen molar-refractivity contribution in [2.75, 3.05) is 0 Å². The lowest BCUT2D eigenvalue weighted by atomic mass is 9.88. The van der Waals surface area contributed by atoms with E-state index >= 15 is 0 Å². The van der Waals surface area contributed by atoms with E-state index in [0.29, 0.717) is 22.7 Å². The fourth-order valence-corrected chi connectivity index (χ4v) is 2.49. The van der Waals surface area contributed by atoms with E-state index in [2.05, 4.69) is 11.2 Å². The number of hydrogen-bond donors (Lipinski definition) is 1. The molecule has 0 aliphatic rings. The molecule has 0 fully saturated rings. The SMILES string of the molecule is Cc1nn(C)c(Cl)c1CC(C)(O)c1cccc(C#N)c1. The van der Waals surface area contributed by atoms with Crippen LogP contribution >= 0.6 is 11.6 Å². The van der Waals surface area contributed by atoms with Crippen LogP contribution in [0.15, 0.2) is 24.3 Å². The molecule has 20 heavy (non-hydrogen) atoms. The van der Waals surface area contributed by atoms with Crippen LogP contribution in [0, 0.1) is 18.3 Å². The molecule has 0 saturated heterocycles. The van der Waals surface area contributed by atoms with Crippen LogP contribution in [-0.4, -0.2) is 14.9 Å². The Bertz CT molecular complexity index is 683. The molecule has 0 saturated carbocycles. The predicted octanol–water partition coefficient (Wildman–Crippen LogP) is 2.70. The lowest BCUT2D eigenvalue weighted by Crippen LogP contribution is -2.24. The van der Waals surface area contributed by atoms with Gasteiger partial charge in [0.15, 0.2) is 0 Å². The van der Waals surface area contributed by atoms with E-state index in [1.54, 1.807) is 42.9 Å². The Morgan fingerprint density at radius 3 is 2.75 bits per heavy atom. The minimum absolute atomic E-state index is 0.348. The van der Waals surface area contributed by atoms with Gasteiger partial charge < -0.3 is 5.11 Å². The number of halogens is 1. The Balaban J connectivity index is 2.38. The number of rotatable bonds is 3. The molecule has 1 N–H and O–H groups in total. The first-order valence-electron chi connectivity index (χ1n) is 6.26. The fraction of sp³-hybridized carbons (Fsp3) is 0.333. The van der Waals surface area contributed by atoms with E-state index in [0.717, 1.165) is 11.3 Å². The van der Waals surface area contributed by atoms with Crippen LogP contribution in [0.25, 0.3) is 0 Å². The summed E-state index contributed by atoms with van der Waals surface area (Å²) in [6, 6.07) is 9.05. The number of nitriles is 1. The molecule has 4 nitrogen and oxygen atoms in total. The molecule has 104 valence electrons. The lowest BCUT2D eigenvalue weighted by molar-refractivity contribution is 0.0574. The third kappa shape index (κ3) is 2.69. The van der Waals surface area contributed by atoms with Crippen LogP contribution < -0.4 is 0 Å². The number of aryl methyl sites for hydroxylation is 2. The number of benzene rings is 1. The molecular formula is C15H16ClN3O. The molecule has 1 aromatic heterocycles. The van der Waals surface area contributed by atoms with Gasteiger partial charge in [0.2, 0.25) is 0 Å². The maximum Gasteiger partial charge on any atom is 0.130 e. The lowest BCUT2D eigenvalue weighted by Gasteiger charge is -2.24. The summed E-state index contributed by atoms with van der Waals surface area (Å²) in [5.74, 6) is 0. The Morgan fingerprint density at radius 1 is 1.50 bits per heavy atom. The van der Waals surface area contributed by atoms with Crippen LogP contribution in [0.1, 0.15) is 29.3 Å². The zero-order chi connectivity index (χ0) is 14.9. The Morgan fingerprint density at radius 2 is 2.20 bits per heavy atom.